The summed E-state index contributed by atoms with van der Waals surface area (Å²) >= 11 is 0. The molecule has 0 heterocycles. The van der Waals surface area contributed by atoms with Crippen molar-refractivity contribution in [2.45, 2.75) is 19.1 Å². The maximum atomic E-state index is 12.9. The van der Waals surface area contributed by atoms with Crippen molar-refractivity contribution < 1.29 is 9.50 Å². The van der Waals surface area contributed by atoms with E-state index in [-0.39, 0.29) is 12.2 Å². The molecule has 1 rings (SSSR count). The summed E-state index contributed by atoms with van der Waals surface area (Å²) in [6.07, 6.45) is 0.160. The number of halogens is 1. The summed E-state index contributed by atoms with van der Waals surface area (Å²) in [6, 6.07) is 6.34. The summed E-state index contributed by atoms with van der Waals surface area (Å²) in [5.74, 6) is -1.51. The number of phenolic OH excluding ortho intramolecular Hbond substituents is 1. The molecule has 1 atom stereocenters. The molecule has 0 aliphatic rings. The molecular weight excluding hydrogens is 157 g/mol. The summed E-state index contributed by atoms with van der Waals surface area (Å²) in [5, 5.41) is 8.93. The van der Waals surface area contributed by atoms with Gasteiger partial charge in [-0.15, -0.1) is 0 Å². The van der Waals surface area contributed by atoms with Crippen molar-refractivity contribution in [3.63, 3.8) is 0 Å². The Balaban J connectivity index is 2.71. The Kier molecular flexibility index (Phi) is 2.33. The second kappa shape index (κ2) is 3.11. The Bertz CT molecular complexity index is 250. The fraction of sp³-hybridized carbons (Fsp3) is 0.333. The number of benzene rings is 1. The van der Waals surface area contributed by atoms with E-state index in [1.807, 2.05) is 0 Å². The molecule has 0 bridgehead atoms. The number of nitrogens with two attached hydrogens (primary N) is 1. The van der Waals surface area contributed by atoms with E-state index >= 15 is 0 Å². The van der Waals surface area contributed by atoms with Crippen molar-refractivity contribution in [2.75, 3.05) is 0 Å². The summed E-state index contributed by atoms with van der Waals surface area (Å²) in [6.45, 7) is 1.32. The first-order valence-electron chi connectivity index (χ1n) is 3.73. The number of alkyl halides is 1. The van der Waals surface area contributed by atoms with Gasteiger partial charge in [-0.05, 0) is 24.6 Å². The van der Waals surface area contributed by atoms with Crippen LogP contribution in [0.3, 0.4) is 0 Å². The predicted molar refractivity (Wildman–Crippen MR) is 45.5 cm³/mol. The van der Waals surface area contributed by atoms with Crippen LogP contribution in [-0.4, -0.2) is 10.9 Å². The van der Waals surface area contributed by atoms with Crippen LogP contribution in [0.5, 0.6) is 5.75 Å². The van der Waals surface area contributed by atoms with Crippen LogP contribution in [0.4, 0.5) is 4.39 Å². The summed E-state index contributed by atoms with van der Waals surface area (Å²) in [7, 11) is 0. The Hall–Kier alpha value is -1.09. The van der Waals surface area contributed by atoms with Crippen molar-refractivity contribution in [2.24, 2.45) is 5.73 Å². The molecule has 66 valence electrons. The lowest BCUT2D eigenvalue weighted by Gasteiger charge is -2.13. The lowest BCUT2D eigenvalue weighted by molar-refractivity contribution is 0.199. The summed E-state index contributed by atoms with van der Waals surface area (Å²) in [5.41, 5.74) is 5.95. The molecule has 3 N–H and O–H groups in total. The average Bonchev–Trinajstić information content (AvgIpc) is 1.91. The maximum Gasteiger partial charge on any atom is 0.160 e. The molecule has 3 heteroatoms. The second-order valence-corrected chi connectivity index (χ2v) is 3.12. The zero-order valence-corrected chi connectivity index (χ0v) is 6.92. The van der Waals surface area contributed by atoms with Gasteiger partial charge in [0.05, 0.1) is 0 Å². The SMILES string of the molecule is C[C@@](N)(F)Cc1ccc(O)cc1. The predicted octanol–water partition coefficient (Wildman–Crippen LogP) is 1.58. The zero-order valence-electron chi connectivity index (χ0n) is 6.92. The van der Waals surface area contributed by atoms with E-state index in [9.17, 15) is 4.39 Å². The largest absolute Gasteiger partial charge is 0.508 e. The van der Waals surface area contributed by atoms with Gasteiger partial charge in [0.1, 0.15) is 5.75 Å². The van der Waals surface area contributed by atoms with Crippen LogP contribution >= 0.6 is 0 Å². The van der Waals surface area contributed by atoms with E-state index in [2.05, 4.69) is 0 Å². The Morgan fingerprint density at radius 3 is 2.33 bits per heavy atom. The highest BCUT2D eigenvalue weighted by Crippen LogP contribution is 2.15. The average molecular weight is 169 g/mol. The first-order valence-corrected chi connectivity index (χ1v) is 3.73. The van der Waals surface area contributed by atoms with Gasteiger partial charge < -0.3 is 5.11 Å². The molecule has 0 saturated carbocycles. The van der Waals surface area contributed by atoms with Crippen LogP contribution in [0.2, 0.25) is 0 Å². The quantitative estimate of drug-likeness (QED) is 0.660. The minimum Gasteiger partial charge on any atom is -0.508 e. The third kappa shape index (κ3) is 2.88. The Labute approximate surface area is 70.8 Å². The molecule has 0 aliphatic heterocycles. The minimum absolute atomic E-state index is 0.160. The van der Waals surface area contributed by atoms with Crippen LogP contribution in [0.15, 0.2) is 24.3 Å². The number of hydrogen-bond acceptors (Lipinski definition) is 2. The van der Waals surface area contributed by atoms with Gasteiger partial charge >= 0.3 is 0 Å². The molecule has 0 aliphatic carbocycles. The van der Waals surface area contributed by atoms with E-state index in [1.165, 1.54) is 19.1 Å². The molecule has 1 aromatic carbocycles. The maximum absolute atomic E-state index is 12.9. The van der Waals surface area contributed by atoms with Crippen LogP contribution < -0.4 is 5.73 Å². The third-order valence-corrected chi connectivity index (χ3v) is 1.49. The van der Waals surface area contributed by atoms with Crippen molar-refractivity contribution in [3.05, 3.63) is 29.8 Å². The van der Waals surface area contributed by atoms with Gasteiger partial charge in [-0.3, -0.25) is 5.73 Å². The van der Waals surface area contributed by atoms with E-state index < -0.39 is 5.79 Å². The molecular formula is C9H12FNO. The van der Waals surface area contributed by atoms with Crippen LogP contribution in [0.1, 0.15) is 12.5 Å². The normalized spacial score (nSPS) is 15.6. The molecule has 12 heavy (non-hydrogen) atoms. The van der Waals surface area contributed by atoms with E-state index in [0.717, 1.165) is 5.56 Å². The summed E-state index contributed by atoms with van der Waals surface area (Å²) in [4.78, 5) is 0. The van der Waals surface area contributed by atoms with Gasteiger partial charge in [0.25, 0.3) is 0 Å². The number of aromatic hydroxyl groups is 1. The van der Waals surface area contributed by atoms with E-state index in [0.29, 0.717) is 0 Å². The monoisotopic (exact) mass is 169 g/mol. The fourth-order valence-corrected chi connectivity index (χ4v) is 1.01. The third-order valence-electron chi connectivity index (χ3n) is 1.49. The lowest BCUT2D eigenvalue weighted by Crippen LogP contribution is -2.32. The van der Waals surface area contributed by atoms with Gasteiger partial charge in [0, 0.05) is 6.42 Å². The number of phenols is 1. The van der Waals surface area contributed by atoms with Gasteiger partial charge in [-0.25, -0.2) is 4.39 Å². The Morgan fingerprint density at radius 1 is 1.42 bits per heavy atom. The smallest absolute Gasteiger partial charge is 0.160 e. The molecule has 0 amide bonds. The van der Waals surface area contributed by atoms with Crippen molar-refractivity contribution in [1.29, 1.82) is 0 Å². The Morgan fingerprint density at radius 2 is 1.92 bits per heavy atom. The van der Waals surface area contributed by atoms with Crippen molar-refractivity contribution >= 4 is 0 Å². The van der Waals surface area contributed by atoms with E-state index in [4.69, 9.17) is 10.8 Å². The van der Waals surface area contributed by atoms with Crippen molar-refractivity contribution in [3.8, 4) is 5.75 Å². The number of rotatable bonds is 2. The minimum atomic E-state index is -1.68. The lowest BCUT2D eigenvalue weighted by atomic mass is 10.1. The molecule has 0 aromatic heterocycles. The van der Waals surface area contributed by atoms with Crippen molar-refractivity contribution in [1.82, 2.24) is 0 Å². The molecule has 0 fully saturated rings. The van der Waals surface area contributed by atoms with Gasteiger partial charge in [-0.2, -0.15) is 0 Å². The topological polar surface area (TPSA) is 46.2 Å². The van der Waals surface area contributed by atoms with E-state index in [1.54, 1.807) is 12.1 Å². The first kappa shape index (κ1) is 9.00. The second-order valence-electron chi connectivity index (χ2n) is 3.12. The highest BCUT2D eigenvalue weighted by Gasteiger charge is 2.16. The zero-order chi connectivity index (χ0) is 9.19. The highest BCUT2D eigenvalue weighted by molar-refractivity contribution is 5.26. The summed E-state index contributed by atoms with van der Waals surface area (Å²) < 4.78 is 12.9. The molecule has 0 radical (unpaired) electrons. The number of hydrogen-bond donors (Lipinski definition) is 2. The van der Waals surface area contributed by atoms with Gasteiger partial charge in [0.2, 0.25) is 0 Å². The highest BCUT2D eigenvalue weighted by atomic mass is 19.1. The molecule has 0 saturated heterocycles. The first-order chi connectivity index (χ1) is 5.47. The molecule has 0 spiro atoms. The molecule has 0 unspecified atom stereocenters. The van der Waals surface area contributed by atoms with Gasteiger partial charge in [-0.1, -0.05) is 12.1 Å². The molecule has 2 nitrogen and oxygen atoms in total. The standard InChI is InChI=1S/C9H12FNO/c1-9(10,11)6-7-2-4-8(12)5-3-7/h2-5,12H,6,11H2,1H3/t9-/m0/s1. The van der Waals surface area contributed by atoms with Crippen LogP contribution in [0.25, 0.3) is 0 Å². The fourth-order valence-electron chi connectivity index (χ4n) is 1.01. The van der Waals surface area contributed by atoms with Crippen LogP contribution in [0, 0.1) is 0 Å². The van der Waals surface area contributed by atoms with Gasteiger partial charge in [0.15, 0.2) is 5.79 Å². The van der Waals surface area contributed by atoms with Crippen LogP contribution in [-0.2, 0) is 6.42 Å². The molecule has 1 aromatic rings.